The van der Waals surface area contributed by atoms with Crippen molar-refractivity contribution in [2.75, 3.05) is 7.05 Å². The number of amides is 1. The van der Waals surface area contributed by atoms with Crippen LogP contribution in [0.4, 0.5) is 0 Å². The third-order valence-corrected chi connectivity index (χ3v) is 5.03. The minimum absolute atomic E-state index is 0.0108. The lowest BCUT2D eigenvalue weighted by Gasteiger charge is -2.35. The summed E-state index contributed by atoms with van der Waals surface area (Å²) in [7, 11) is 1.83. The van der Waals surface area contributed by atoms with Crippen LogP contribution < -0.4 is 0 Å². The Morgan fingerprint density at radius 3 is 2.57 bits per heavy atom. The first-order chi connectivity index (χ1) is 9.99. The molecule has 3 atom stereocenters. The van der Waals surface area contributed by atoms with Gasteiger partial charge in [0, 0.05) is 17.9 Å². The lowest BCUT2D eigenvalue weighted by molar-refractivity contribution is -0.135. The molecular weight excluding hydrogens is 330 g/mol. The summed E-state index contributed by atoms with van der Waals surface area (Å²) in [5, 5.41) is 10.1. The van der Waals surface area contributed by atoms with Gasteiger partial charge in [-0.15, -0.1) is 0 Å². The van der Waals surface area contributed by atoms with Crippen LogP contribution in [0.5, 0.6) is 0 Å². The van der Waals surface area contributed by atoms with E-state index in [-0.39, 0.29) is 24.0 Å². The van der Waals surface area contributed by atoms with Gasteiger partial charge in [-0.25, -0.2) is 0 Å². The quantitative estimate of drug-likeness (QED) is 0.896. The normalized spacial score (nSPS) is 23.6. The Labute approximate surface area is 135 Å². The number of likely N-dealkylation sites (N-methyl/N-ethyl adjacent to an activating group) is 1. The second-order valence-electron chi connectivity index (χ2n) is 6.08. The van der Waals surface area contributed by atoms with Crippen LogP contribution >= 0.6 is 15.9 Å². The molecule has 0 saturated heterocycles. The van der Waals surface area contributed by atoms with Gasteiger partial charge in [-0.2, -0.15) is 0 Å². The third-order valence-electron chi connectivity index (χ3n) is 4.50. The third kappa shape index (κ3) is 4.30. The monoisotopic (exact) mass is 353 g/mol. The molecule has 1 fully saturated rings. The molecule has 0 heterocycles. The van der Waals surface area contributed by atoms with Gasteiger partial charge in [0.1, 0.15) is 0 Å². The molecule has 1 aromatic carbocycles. The molecule has 1 aliphatic rings. The minimum Gasteiger partial charge on any atom is -0.391 e. The second-order valence-corrected chi connectivity index (χ2v) is 7.00. The molecule has 3 unspecified atom stereocenters. The maximum atomic E-state index is 12.4. The molecule has 1 N–H and O–H groups in total. The molecule has 1 saturated carbocycles. The Hall–Kier alpha value is -0.870. The van der Waals surface area contributed by atoms with E-state index in [4.69, 9.17) is 0 Å². The fraction of sp³-hybridized carbons (Fsp3) is 0.588. The molecule has 0 aromatic heterocycles. The van der Waals surface area contributed by atoms with E-state index in [0.29, 0.717) is 6.42 Å². The molecule has 0 spiro atoms. The maximum absolute atomic E-state index is 12.4. The molecule has 1 aromatic rings. The van der Waals surface area contributed by atoms with E-state index >= 15 is 0 Å². The number of rotatable bonds is 4. The largest absolute Gasteiger partial charge is 0.391 e. The van der Waals surface area contributed by atoms with Gasteiger partial charge >= 0.3 is 0 Å². The standard InChI is InChI=1S/C17H24BrNO2/c1-12(13-7-9-14(18)10-8-13)11-17(21)19(2)15-5-3-4-6-16(15)20/h7-10,12,15-16,20H,3-6,11H2,1-2H3. The first-order valence-electron chi connectivity index (χ1n) is 7.68. The summed E-state index contributed by atoms with van der Waals surface area (Å²) in [6.07, 6.45) is 4.01. The predicted molar refractivity (Wildman–Crippen MR) is 88.2 cm³/mol. The highest BCUT2D eigenvalue weighted by molar-refractivity contribution is 9.10. The van der Waals surface area contributed by atoms with Crippen LogP contribution in [0.3, 0.4) is 0 Å². The SMILES string of the molecule is CC(CC(=O)N(C)C1CCCCC1O)c1ccc(Br)cc1. The highest BCUT2D eigenvalue weighted by atomic mass is 79.9. The lowest BCUT2D eigenvalue weighted by Crippen LogP contribution is -2.46. The molecule has 116 valence electrons. The van der Waals surface area contributed by atoms with E-state index in [1.165, 1.54) is 5.56 Å². The number of carbonyl (C=O) groups excluding carboxylic acids is 1. The van der Waals surface area contributed by atoms with Crippen LogP contribution in [0.15, 0.2) is 28.7 Å². The number of aliphatic hydroxyl groups is 1. The van der Waals surface area contributed by atoms with Crippen LogP contribution in [-0.2, 0) is 4.79 Å². The Bertz CT molecular complexity index is 474. The smallest absolute Gasteiger partial charge is 0.223 e. The zero-order valence-electron chi connectivity index (χ0n) is 12.8. The van der Waals surface area contributed by atoms with Crippen molar-refractivity contribution < 1.29 is 9.90 Å². The topological polar surface area (TPSA) is 40.5 Å². The van der Waals surface area contributed by atoms with Gasteiger partial charge in [-0.05, 0) is 36.5 Å². The average molecular weight is 354 g/mol. The van der Waals surface area contributed by atoms with Gasteiger partial charge in [0.25, 0.3) is 0 Å². The van der Waals surface area contributed by atoms with Crippen LogP contribution in [0.2, 0.25) is 0 Å². The Morgan fingerprint density at radius 2 is 1.95 bits per heavy atom. The minimum atomic E-state index is -0.365. The molecule has 21 heavy (non-hydrogen) atoms. The van der Waals surface area contributed by atoms with Gasteiger partial charge in [-0.3, -0.25) is 4.79 Å². The number of nitrogens with zero attached hydrogens (tertiary/aromatic N) is 1. The first kappa shape index (κ1) is 16.5. The molecule has 1 aliphatic carbocycles. The van der Waals surface area contributed by atoms with Crippen molar-refractivity contribution in [2.45, 2.75) is 57.1 Å². The average Bonchev–Trinajstić information content (AvgIpc) is 2.47. The van der Waals surface area contributed by atoms with E-state index in [9.17, 15) is 9.90 Å². The molecule has 0 aliphatic heterocycles. The van der Waals surface area contributed by atoms with Crippen LogP contribution in [0, 0.1) is 0 Å². The molecule has 0 radical (unpaired) electrons. The highest BCUT2D eigenvalue weighted by Gasteiger charge is 2.29. The van der Waals surface area contributed by atoms with Crippen molar-refractivity contribution in [1.82, 2.24) is 4.90 Å². The molecular formula is C17H24BrNO2. The predicted octanol–water partition coefficient (Wildman–Crippen LogP) is 3.70. The van der Waals surface area contributed by atoms with E-state index in [0.717, 1.165) is 30.2 Å². The van der Waals surface area contributed by atoms with Crippen LogP contribution in [0.1, 0.15) is 50.5 Å². The van der Waals surface area contributed by atoms with Crippen molar-refractivity contribution >= 4 is 21.8 Å². The van der Waals surface area contributed by atoms with Gasteiger partial charge in [-0.1, -0.05) is 47.8 Å². The summed E-state index contributed by atoms with van der Waals surface area (Å²) in [4.78, 5) is 14.2. The van der Waals surface area contributed by atoms with Crippen molar-refractivity contribution in [3.8, 4) is 0 Å². The Morgan fingerprint density at radius 1 is 1.33 bits per heavy atom. The summed E-state index contributed by atoms with van der Waals surface area (Å²) in [5.74, 6) is 0.310. The van der Waals surface area contributed by atoms with Crippen molar-refractivity contribution in [2.24, 2.45) is 0 Å². The van der Waals surface area contributed by atoms with Crippen molar-refractivity contribution in [1.29, 1.82) is 0 Å². The lowest BCUT2D eigenvalue weighted by atomic mass is 9.90. The van der Waals surface area contributed by atoms with Gasteiger partial charge in [0.05, 0.1) is 12.1 Å². The van der Waals surface area contributed by atoms with E-state index in [1.54, 1.807) is 4.90 Å². The second kappa shape index (κ2) is 7.41. The first-order valence-corrected chi connectivity index (χ1v) is 8.47. The zero-order valence-corrected chi connectivity index (χ0v) is 14.3. The number of aliphatic hydroxyl groups excluding tert-OH is 1. The fourth-order valence-electron chi connectivity index (χ4n) is 3.04. The van der Waals surface area contributed by atoms with E-state index < -0.39 is 0 Å². The number of hydrogen-bond acceptors (Lipinski definition) is 2. The van der Waals surface area contributed by atoms with Crippen molar-refractivity contribution in [3.63, 3.8) is 0 Å². The van der Waals surface area contributed by atoms with Gasteiger partial charge in [0.15, 0.2) is 0 Å². The highest BCUT2D eigenvalue weighted by Crippen LogP contribution is 2.26. The molecule has 1 amide bonds. The molecule has 0 bridgehead atoms. The molecule has 2 rings (SSSR count). The summed E-state index contributed by atoms with van der Waals surface area (Å²) >= 11 is 3.42. The van der Waals surface area contributed by atoms with E-state index in [1.807, 2.05) is 19.2 Å². The summed E-state index contributed by atoms with van der Waals surface area (Å²) in [6.45, 7) is 2.08. The van der Waals surface area contributed by atoms with E-state index in [2.05, 4.69) is 35.0 Å². The van der Waals surface area contributed by atoms with Gasteiger partial charge in [0.2, 0.25) is 5.91 Å². The number of halogens is 1. The van der Waals surface area contributed by atoms with Crippen molar-refractivity contribution in [3.05, 3.63) is 34.3 Å². The number of hydrogen-bond donors (Lipinski definition) is 1. The maximum Gasteiger partial charge on any atom is 0.223 e. The Balaban J connectivity index is 1.95. The van der Waals surface area contributed by atoms with Gasteiger partial charge < -0.3 is 10.0 Å². The zero-order chi connectivity index (χ0) is 15.4. The summed E-state index contributed by atoms with van der Waals surface area (Å²) < 4.78 is 1.05. The van der Waals surface area contributed by atoms with Crippen LogP contribution in [-0.4, -0.2) is 35.1 Å². The Kier molecular flexibility index (Phi) is 5.82. The molecule has 4 heteroatoms. The number of benzene rings is 1. The van der Waals surface area contributed by atoms with Crippen LogP contribution in [0.25, 0.3) is 0 Å². The summed E-state index contributed by atoms with van der Waals surface area (Å²) in [6, 6.07) is 8.11. The molecule has 3 nitrogen and oxygen atoms in total. The summed E-state index contributed by atoms with van der Waals surface area (Å²) in [5.41, 5.74) is 1.17. The number of carbonyl (C=O) groups is 1. The fourth-order valence-corrected chi connectivity index (χ4v) is 3.31.